The van der Waals surface area contributed by atoms with Crippen molar-refractivity contribution in [1.82, 2.24) is 14.9 Å². The number of unbranched alkanes of at least 4 members (excludes halogenated alkanes) is 1. The van der Waals surface area contributed by atoms with Crippen molar-refractivity contribution in [3.8, 4) is 0 Å². The van der Waals surface area contributed by atoms with Gasteiger partial charge in [0.15, 0.2) is 5.13 Å². The number of hydrogen-bond acceptors (Lipinski definition) is 6. The molecule has 2 aromatic heterocycles. The first-order chi connectivity index (χ1) is 12.8. The lowest BCUT2D eigenvalue weighted by Crippen LogP contribution is -2.48. The van der Waals surface area contributed by atoms with E-state index in [0.717, 1.165) is 56.1 Å². The molecule has 0 unspecified atom stereocenters. The summed E-state index contributed by atoms with van der Waals surface area (Å²) in [6.45, 7) is 3.36. The third kappa shape index (κ3) is 4.04. The van der Waals surface area contributed by atoms with E-state index >= 15 is 0 Å². The van der Waals surface area contributed by atoms with Gasteiger partial charge in [-0.25, -0.2) is 9.97 Å². The quantitative estimate of drug-likeness (QED) is 0.605. The van der Waals surface area contributed by atoms with E-state index in [9.17, 15) is 4.79 Å². The van der Waals surface area contributed by atoms with Crippen LogP contribution in [0.3, 0.4) is 0 Å². The van der Waals surface area contributed by atoms with Crippen molar-refractivity contribution in [3.05, 3.63) is 40.8 Å². The SMILES string of the molecule is O=C(CCCCc1nc2ccccc2s1)N1CCN(c2nccs2)CC1. The number of hydrogen-bond donors (Lipinski definition) is 0. The molecule has 1 fully saturated rings. The Balaban J connectivity index is 1.18. The van der Waals surface area contributed by atoms with E-state index in [2.05, 4.69) is 33.1 Å². The molecule has 136 valence electrons. The molecule has 1 amide bonds. The molecule has 4 rings (SSSR count). The molecular formula is C19H22N4OS2. The van der Waals surface area contributed by atoms with Crippen LogP contribution >= 0.6 is 22.7 Å². The lowest BCUT2D eigenvalue weighted by molar-refractivity contribution is -0.131. The summed E-state index contributed by atoms with van der Waals surface area (Å²) in [5.74, 6) is 0.285. The van der Waals surface area contributed by atoms with Crippen LogP contribution in [0.2, 0.25) is 0 Å². The molecule has 0 bridgehead atoms. The zero-order valence-electron chi connectivity index (χ0n) is 14.6. The molecule has 3 aromatic rings. The number of para-hydroxylation sites is 1. The van der Waals surface area contributed by atoms with Crippen molar-refractivity contribution in [2.24, 2.45) is 0 Å². The number of amides is 1. The first-order valence-electron chi connectivity index (χ1n) is 9.06. The normalized spacial score (nSPS) is 14.9. The first-order valence-corrected chi connectivity index (χ1v) is 10.8. The van der Waals surface area contributed by atoms with Gasteiger partial charge in [0.1, 0.15) is 0 Å². The van der Waals surface area contributed by atoms with E-state index < -0.39 is 0 Å². The van der Waals surface area contributed by atoms with Crippen LogP contribution in [0.25, 0.3) is 10.2 Å². The number of aromatic nitrogens is 2. The molecule has 0 aliphatic carbocycles. The highest BCUT2D eigenvalue weighted by Gasteiger charge is 2.21. The van der Waals surface area contributed by atoms with Crippen LogP contribution in [0.4, 0.5) is 5.13 Å². The molecule has 7 heteroatoms. The predicted octanol–water partition coefficient (Wildman–Crippen LogP) is 3.81. The number of anilines is 1. The summed E-state index contributed by atoms with van der Waals surface area (Å²) in [4.78, 5) is 25.7. The van der Waals surface area contributed by atoms with Gasteiger partial charge >= 0.3 is 0 Å². The molecule has 0 spiro atoms. The summed E-state index contributed by atoms with van der Waals surface area (Å²) in [6.07, 6.45) is 5.39. The highest BCUT2D eigenvalue weighted by molar-refractivity contribution is 7.18. The van der Waals surface area contributed by atoms with Gasteiger partial charge in [-0.15, -0.1) is 22.7 Å². The van der Waals surface area contributed by atoms with Crippen LogP contribution in [0.5, 0.6) is 0 Å². The predicted molar refractivity (Wildman–Crippen MR) is 108 cm³/mol. The van der Waals surface area contributed by atoms with E-state index in [1.54, 1.807) is 22.7 Å². The second-order valence-electron chi connectivity index (χ2n) is 6.46. The minimum absolute atomic E-state index is 0.285. The van der Waals surface area contributed by atoms with E-state index in [4.69, 9.17) is 0 Å². The smallest absolute Gasteiger partial charge is 0.222 e. The number of carbonyl (C=O) groups excluding carboxylic acids is 1. The fourth-order valence-corrected chi connectivity index (χ4v) is 4.96. The maximum atomic E-state index is 12.4. The molecule has 3 heterocycles. The molecule has 1 aliphatic rings. The molecule has 26 heavy (non-hydrogen) atoms. The summed E-state index contributed by atoms with van der Waals surface area (Å²) in [7, 11) is 0. The average Bonchev–Trinajstić information content (AvgIpc) is 3.34. The number of piperazine rings is 1. The number of benzene rings is 1. The molecule has 0 atom stereocenters. The Labute approximate surface area is 161 Å². The highest BCUT2D eigenvalue weighted by atomic mass is 32.1. The van der Waals surface area contributed by atoms with Gasteiger partial charge in [0.25, 0.3) is 0 Å². The van der Waals surface area contributed by atoms with Gasteiger partial charge in [0, 0.05) is 44.2 Å². The highest BCUT2D eigenvalue weighted by Crippen LogP contribution is 2.23. The Bertz CT molecular complexity index is 820. The zero-order chi connectivity index (χ0) is 17.8. The van der Waals surface area contributed by atoms with E-state index in [0.29, 0.717) is 6.42 Å². The van der Waals surface area contributed by atoms with Crippen molar-refractivity contribution in [1.29, 1.82) is 0 Å². The second-order valence-corrected chi connectivity index (χ2v) is 8.45. The molecule has 0 N–H and O–H groups in total. The molecule has 1 saturated heterocycles. The van der Waals surface area contributed by atoms with Crippen LogP contribution in [0.1, 0.15) is 24.3 Å². The summed E-state index contributed by atoms with van der Waals surface area (Å²) in [5.41, 5.74) is 1.08. The minimum Gasteiger partial charge on any atom is -0.345 e. The monoisotopic (exact) mass is 386 g/mol. The third-order valence-electron chi connectivity index (χ3n) is 4.69. The number of fused-ring (bicyclic) bond motifs is 1. The summed E-state index contributed by atoms with van der Waals surface area (Å²) in [6, 6.07) is 8.26. The van der Waals surface area contributed by atoms with E-state index in [1.807, 2.05) is 22.5 Å². The summed E-state index contributed by atoms with van der Waals surface area (Å²) in [5, 5.41) is 4.24. The fourth-order valence-electron chi connectivity index (χ4n) is 3.26. The van der Waals surface area contributed by atoms with Crippen LogP contribution in [-0.4, -0.2) is 47.0 Å². The lowest BCUT2D eigenvalue weighted by atomic mass is 10.1. The summed E-state index contributed by atoms with van der Waals surface area (Å²) >= 11 is 3.43. The van der Waals surface area contributed by atoms with Gasteiger partial charge in [0.05, 0.1) is 15.2 Å². The third-order valence-corrected chi connectivity index (χ3v) is 6.62. The molecule has 1 aliphatic heterocycles. The Morgan fingerprint density at radius 1 is 1.12 bits per heavy atom. The van der Waals surface area contributed by atoms with Crippen LogP contribution < -0.4 is 4.90 Å². The van der Waals surface area contributed by atoms with Gasteiger partial charge in [-0.05, 0) is 31.4 Å². The number of thiazole rings is 2. The lowest BCUT2D eigenvalue weighted by Gasteiger charge is -2.34. The van der Waals surface area contributed by atoms with E-state index in [1.165, 1.54) is 9.71 Å². The minimum atomic E-state index is 0.285. The van der Waals surface area contributed by atoms with Crippen molar-refractivity contribution < 1.29 is 4.79 Å². The molecule has 1 aromatic carbocycles. The molecule has 0 saturated carbocycles. The molecule has 0 radical (unpaired) electrons. The second kappa shape index (κ2) is 8.14. The number of carbonyl (C=O) groups is 1. The molecular weight excluding hydrogens is 364 g/mol. The topological polar surface area (TPSA) is 49.3 Å². The maximum Gasteiger partial charge on any atom is 0.222 e. The first kappa shape index (κ1) is 17.4. The van der Waals surface area contributed by atoms with Gasteiger partial charge in [-0.2, -0.15) is 0 Å². The van der Waals surface area contributed by atoms with Crippen molar-refractivity contribution in [2.45, 2.75) is 25.7 Å². The maximum absolute atomic E-state index is 12.4. The Hall–Kier alpha value is -1.99. The van der Waals surface area contributed by atoms with Crippen LogP contribution in [-0.2, 0) is 11.2 Å². The fraction of sp³-hybridized carbons (Fsp3) is 0.421. The van der Waals surface area contributed by atoms with Gasteiger partial charge < -0.3 is 9.80 Å². The largest absolute Gasteiger partial charge is 0.345 e. The number of aryl methyl sites for hydroxylation is 1. The number of rotatable bonds is 6. The van der Waals surface area contributed by atoms with Crippen LogP contribution in [0, 0.1) is 0 Å². The Morgan fingerprint density at radius 2 is 1.96 bits per heavy atom. The average molecular weight is 387 g/mol. The van der Waals surface area contributed by atoms with Crippen molar-refractivity contribution in [3.63, 3.8) is 0 Å². The molecule has 5 nitrogen and oxygen atoms in total. The van der Waals surface area contributed by atoms with Gasteiger partial charge in [-0.3, -0.25) is 4.79 Å². The Morgan fingerprint density at radius 3 is 2.73 bits per heavy atom. The standard InChI is InChI=1S/C19H22N4OS2/c24-18(22-10-12-23(13-11-22)19-20-9-14-25-19)8-4-3-7-17-21-15-5-1-2-6-16(15)26-17/h1-2,5-6,9,14H,3-4,7-8,10-13H2. The van der Waals surface area contributed by atoms with E-state index in [-0.39, 0.29) is 5.91 Å². The van der Waals surface area contributed by atoms with Crippen LogP contribution in [0.15, 0.2) is 35.8 Å². The van der Waals surface area contributed by atoms with Crippen molar-refractivity contribution >= 4 is 43.9 Å². The van der Waals surface area contributed by atoms with Gasteiger partial charge in [0.2, 0.25) is 5.91 Å². The Kier molecular flexibility index (Phi) is 5.45. The van der Waals surface area contributed by atoms with Gasteiger partial charge in [-0.1, -0.05) is 12.1 Å². The van der Waals surface area contributed by atoms with Crippen molar-refractivity contribution in [2.75, 3.05) is 31.1 Å². The zero-order valence-corrected chi connectivity index (χ0v) is 16.3. The summed E-state index contributed by atoms with van der Waals surface area (Å²) < 4.78 is 1.25. The number of nitrogens with zero attached hydrogens (tertiary/aromatic N) is 4.